The second-order valence-corrected chi connectivity index (χ2v) is 2.38. The van der Waals surface area contributed by atoms with Crippen molar-refractivity contribution in [2.45, 2.75) is 18.9 Å². The lowest BCUT2D eigenvalue weighted by Gasteiger charge is -1.97. The van der Waals surface area contributed by atoms with Gasteiger partial charge in [0.15, 0.2) is 0 Å². The van der Waals surface area contributed by atoms with Crippen LogP contribution < -0.4 is 11.1 Å². The monoisotopic (exact) mass is 142 g/mol. The maximum atomic E-state index is 10.7. The van der Waals surface area contributed by atoms with Gasteiger partial charge in [0.2, 0.25) is 5.78 Å². The largest absolute Gasteiger partial charge is 0.347 e. The van der Waals surface area contributed by atoms with Crippen molar-refractivity contribution in [3.8, 4) is 0 Å². The third kappa shape index (κ3) is 1.80. The van der Waals surface area contributed by atoms with Crippen molar-refractivity contribution in [2.24, 2.45) is 5.73 Å². The Morgan fingerprint density at radius 2 is 2.10 bits per heavy atom. The molecular formula is C6H10N2O2. The zero-order chi connectivity index (χ0) is 7.56. The number of rotatable bonds is 3. The molecule has 0 atom stereocenters. The number of nitrogens with two attached hydrogens (primary N) is 1. The molecule has 0 aromatic heterocycles. The van der Waals surface area contributed by atoms with Crippen LogP contribution >= 0.6 is 0 Å². The van der Waals surface area contributed by atoms with Crippen LogP contribution in [0.1, 0.15) is 12.8 Å². The molecule has 0 bridgehead atoms. The van der Waals surface area contributed by atoms with Gasteiger partial charge in [-0.2, -0.15) is 0 Å². The van der Waals surface area contributed by atoms with Crippen LogP contribution in [-0.2, 0) is 9.59 Å². The van der Waals surface area contributed by atoms with E-state index in [2.05, 4.69) is 5.32 Å². The van der Waals surface area contributed by atoms with Crippen molar-refractivity contribution >= 4 is 11.7 Å². The Balaban J connectivity index is 2.25. The van der Waals surface area contributed by atoms with E-state index in [0.717, 1.165) is 12.8 Å². The van der Waals surface area contributed by atoms with Gasteiger partial charge in [-0.25, -0.2) is 0 Å². The highest BCUT2D eigenvalue weighted by molar-refractivity contribution is 6.37. The molecule has 1 rings (SSSR count). The summed E-state index contributed by atoms with van der Waals surface area (Å²) in [4.78, 5) is 21.2. The molecule has 0 aromatic carbocycles. The second kappa shape index (κ2) is 2.79. The molecule has 0 heterocycles. The van der Waals surface area contributed by atoms with Gasteiger partial charge in [0.1, 0.15) is 0 Å². The van der Waals surface area contributed by atoms with Crippen LogP contribution in [0.4, 0.5) is 0 Å². The van der Waals surface area contributed by atoms with Gasteiger partial charge in [-0.1, -0.05) is 0 Å². The third-order valence-corrected chi connectivity index (χ3v) is 1.35. The molecule has 0 spiro atoms. The Bertz CT molecular complexity index is 163. The lowest BCUT2D eigenvalue weighted by Crippen LogP contribution is -2.36. The lowest BCUT2D eigenvalue weighted by atomic mass is 10.4. The summed E-state index contributed by atoms with van der Waals surface area (Å²) < 4.78 is 0. The Kier molecular flexibility index (Phi) is 2.01. The molecule has 0 radical (unpaired) electrons. The van der Waals surface area contributed by atoms with Gasteiger partial charge in [-0.05, 0) is 12.8 Å². The Morgan fingerprint density at radius 3 is 2.50 bits per heavy atom. The molecule has 1 aliphatic rings. The van der Waals surface area contributed by atoms with E-state index in [0.29, 0.717) is 0 Å². The van der Waals surface area contributed by atoms with E-state index in [1.807, 2.05) is 0 Å². The molecule has 0 aliphatic heterocycles. The van der Waals surface area contributed by atoms with E-state index in [-0.39, 0.29) is 12.6 Å². The molecule has 0 saturated heterocycles. The van der Waals surface area contributed by atoms with Crippen LogP contribution in [0.5, 0.6) is 0 Å². The van der Waals surface area contributed by atoms with E-state index in [1.54, 1.807) is 0 Å². The van der Waals surface area contributed by atoms with Crippen LogP contribution in [0.15, 0.2) is 0 Å². The quantitative estimate of drug-likeness (QED) is 0.486. The summed E-state index contributed by atoms with van der Waals surface area (Å²) in [5.41, 5.74) is 4.96. The summed E-state index contributed by atoms with van der Waals surface area (Å²) in [5, 5.41) is 2.54. The van der Waals surface area contributed by atoms with Crippen molar-refractivity contribution < 1.29 is 9.59 Å². The predicted molar refractivity (Wildman–Crippen MR) is 35.2 cm³/mol. The Hall–Kier alpha value is -0.900. The fourth-order valence-electron chi connectivity index (χ4n) is 0.586. The SMILES string of the molecule is NCC(=O)C(=O)NC1CC1. The van der Waals surface area contributed by atoms with E-state index < -0.39 is 11.7 Å². The third-order valence-electron chi connectivity index (χ3n) is 1.35. The minimum absolute atomic E-state index is 0.196. The van der Waals surface area contributed by atoms with Gasteiger partial charge in [-0.15, -0.1) is 0 Å². The summed E-state index contributed by atoms with van der Waals surface area (Å²) in [6, 6.07) is 0.239. The molecule has 56 valence electrons. The van der Waals surface area contributed by atoms with Crippen molar-refractivity contribution in [1.29, 1.82) is 0 Å². The van der Waals surface area contributed by atoms with E-state index in [4.69, 9.17) is 5.73 Å². The molecule has 3 N–H and O–H groups in total. The highest BCUT2D eigenvalue weighted by Gasteiger charge is 2.25. The van der Waals surface area contributed by atoms with Crippen LogP contribution in [0, 0.1) is 0 Å². The number of carbonyl (C=O) groups excluding carboxylic acids is 2. The van der Waals surface area contributed by atoms with Crippen LogP contribution in [0.25, 0.3) is 0 Å². The number of hydrogen-bond acceptors (Lipinski definition) is 3. The normalized spacial score (nSPS) is 16.5. The number of hydrogen-bond donors (Lipinski definition) is 2. The first-order valence-corrected chi connectivity index (χ1v) is 3.28. The van der Waals surface area contributed by atoms with Crippen molar-refractivity contribution in [2.75, 3.05) is 6.54 Å². The van der Waals surface area contributed by atoms with E-state index in [9.17, 15) is 9.59 Å². The average molecular weight is 142 g/mol. The second-order valence-electron chi connectivity index (χ2n) is 2.38. The molecule has 1 aliphatic carbocycles. The van der Waals surface area contributed by atoms with Crippen molar-refractivity contribution in [3.63, 3.8) is 0 Å². The smallest absolute Gasteiger partial charge is 0.288 e. The van der Waals surface area contributed by atoms with Gasteiger partial charge in [-0.3, -0.25) is 9.59 Å². The van der Waals surface area contributed by atoms with E-state index in [1.165, 1.54) is 0 Å². The number of Topliss-reactive ketones (excluding diaryl/α,β-unsaturated/α-hetero) is 1. The highest BCUT2D eigenvalue weighted by Crippen LogP contribution is 2.18. The van der Waals surface area contributed by atoms with Crippen LogP contribution in [0.3, 0.4) is 0 Å². The summed E-state index contributed by atoms with van der Waals surface area (Å²) in [7, 11) is 0. The molecule has 1 saturated carbocycles. The zero-order valence-corrected chi connectivity index (χ0v) is 5.59. The molecular weight excluding hydrogens is 132 g/mol. The molecule has 0 aromatic rings. The van der Waals surface area contributed by atoms with Gasteiger partial charge < -0.3 is 11.1 Å². The van der Waals surface area contributed by atoms with Crippen LogP contribution in [-0.4, -0.2) is 24.3 Å². The molecule has 1 fully saturated rings. The van der Waals surface area contributed by atoms with E-state index >= 15 is 0 Å². The maximum absolute atomic E-state index is 10.7. The maximum Gasteiger partial charge on any atom is 0.288 e. The minimum atomic E-state index is -0.537. The summed E-state index contributed by atoms with van der Waals surface area (Å²) in [6.07, 6.45) is 1.98. The number of ketones is 1. The topological polar surface area (TPSA) is 72.2 Å². The van der Waals surface area contributed by atoms with Gasteiger partial charge in [0.05, 0.1) is 6.54 Å². The van der Waals surface area contributed by atoms with Gasteiger partial charge >= 0.3 is 0 Å². The number of amides is 1. The first-order valence-electron chi connectivity index (χ1n) is 3.28. The summed E-state index contributed by atoms with van der Waals surface area (Å²) in [5.74, 6) is -1.07. The standard InChI is InChI=1S/C6H10N2O2/c7-3-5(9)6(10)8-4-1-2-4/h4H,1-3,7H2,(H,8,10). The Labute approximate surface area is 58.8 Å². The summed E-state index contributed by atoms with van der Waals surface area (Å²) >= 11 is 0. The molecule has 4 nitrogen and oxygen atoms in total. The lowest BCUT2D eigenvalue weighted by molar-refractivity contribution is -0.137. The minimum Gasteiger partial charge on any atom is -0.347 e. The van der Waals surface area contributed by atoms with Crippen molar-refractivity contribution in [3.05, 3.63) is 0 Å². The predicted octanol–water partition coefficient (Wildman–Crippen LogP) is -1.21. The summed E-state index contributed by atoms with van der Waals surface area (Å²) in [6.45, 7) is -0.196. The fourth-order valence-corrected chi connectivity index (χ4v) is 0.586. The van der Waals surface area contributed by atoms with Crippen LogP contribution in [0.2, 0.25) is 0 Å². The molecule has 10 heavy (non-hydrogen) atoms. The van der Waals surface area contributed by atoms with Crippen molar-refractivity contribution in [1.82, 2.24) is 5.32 Å². The number of carbonyl (C=O) groups is 2. The average Bonchev–Trinajstić information content (AvgIpc) is 2.70. The first kappa shape index (κ1) is 7.21. The molecule has 4 heteroatoms. The van der Waals surface area contributed by atoms with Gasteiger partial charge in [0.25, 0.3) is 5.91 Å². The zero-order valence-electron chi connectivity index (χ0n) is 5.59. The molecule has 0 unspecified atom stereocenters. The Morgan fingerprint density at radius 1 is 1.50 bits per heavy atom. The fraction of sp³-hybridized carbons (Fsp3) is 0.667. The van der Waals surface area contributed by atoms with Gasteiger partial charge in [0, 0.05) is 6.04 Å². The number of nitrogens with one attached hydrogen (secondary N) is 1. The molecule has 1 amide bonds. The first-order chi connectivity index (χ1) is 4.74. The highest BCUT2D eigenvalue weighted by atomic mass is 16.2.